The molecule has 0 aliphatic rings. The third kappa shape index (κ3) is 11.6. The minimum atomic E-state index is -1.15. The topological polar surface area (TPSA) is 177 Å². The predicted molar refractivity (Wildman–Crippen MR) is 126 cm³/mol. The average molecular weight is 480 g/mol. The Labute approximate surface area is 193 Å². The average Bonchev–Trinajstić information content (AvgIpc) is 2.71. The molecule has 0 saturated carbocycles. The lowest BCUT2D eigenvalue weighted by atomic mass is 10.0. The van der Waals surface area contributed by atoms with Gasteiger partial charge in [0.15, 0.2) is 0 Å². The number of carboxylic acid groups (broad SMARTS) is 1. The second kappa shape index (κ2) is 16.2. The van der Waals surface area contributed by atoms with E-state index in [2.05, 4.69) is 28.6 Å². The van der Waals surface area contributed by atoms with Crippen LogP contribution in [0.25, 0.3) is 0 Å². The van der Waals surface area contributed by atoms with Gasteiger partial charge in [-0.3, -0.25) is 14.4 Å². The normalized spacial score (nSPS) is 14.9. The number of thiol groups is 1. The summed E-state index contributed by atoms with van der Waals surface area (Å²) >= 11 is 5.61. The van der Waals surface area contributed by atoms with E-state index in [-0.39, 0.29) is 11.7 Å². The van der Waals surface area contributed by atoms with Crippen molar-refractivity contribution < 1.29 is 24.3 Å². The molecule has 8 N–H and O–H groups in total. The number of unbranched alkanes of at least 4 members (excludes halogenated alkanes) is 1. The van der Waals surface area contributed by atoms with Crippen LogP contribution in [-0.2, 0) is 19.2 Å². The number of thioether (sulfide) groups is 1. The highest BCUT2D eigenvalue weighted by Crippen LogP contribution is 2.07. The number of aliphatic carboxylic acids is 1. The van der Waals surface area contributed by atoms with Crippen LogP contribution in [0, 0.1) is 5.92 Å². The maximum atomic E-state index is 12.7. The Morgan fingerprint density at radius 2 is 1.55 bits per heavy atom. The molecule has 0 spiro atoms. The molecular formula is C19H37N5O5S2. The smallest absolute Gasteiger partial charge is 0.326 e. The number of carboxylic acids is 1. The van der Waals surface area contributed by atoms with E-state index in [0.717, 1.165) is 6.42 Å². The Bertz CT molecular complexity index is 594. The lowest BCUT2D eigenvalue weighted by Crippen LogP contribution is -2.58. The van der Waals surface area contributed by atoms with E-state index in [9.17, 15) is 24.3 Å². The van der Waals surface area contributed by atoms with Crippen LogP contribution >= 0.6 is 24.4 Å². The van der Waals surface area contributed by atoms with Crippen LogP contribution in [0.4, 0.5) is 0 Å². The van der Waals surface area contributed by atoms with Crippen LogP contribution < -0.4 is 27.4 Å². The molecule has 3 amide bonds. The third-order valence-corrected chi connectivity index (χ3v) is 5.60. The largest absolute Gasteiger partial charge is 0.480 e. The second-order valence-electron chi connectivity index (χ2n) is 7.55. The zero-order valence-corrected chi connectivity index (χ0v) is 20.1. The van der Waals surface area contributed by atoms with E-state index < -0.39 is 47.9 Å². The lowest BCUT2D eigenvalue weighted by Gasteiger charge is -2.25. The van der Waals surface area contributed by atoms with Gasteiger partial charge in [0.25, 0.3) is 0 Å². The number of hydrogen-bond acceptors (Lipinski definition) is 8. The first kappa shape index (κ1) is 29.5. The van der Waals surface area contributed by atoms with Crippen LogP contribution in [0.1, 0.15) is 39.5 Å². The minimum absolute atomic E-state index is 0.00764. The number of amides is 3. The first-order valence-electron chi connectivity index (χ1n) is 10.3. The molecule has 0 saturated heterocycles. The van der Waals surface area contributed by atoms with Gasteiger partial charge in [0.2, 0.25) is 17.7 Å². The molecule has 0 rings (SSSR count). The molecule has 180 valence electrons. The van der Waals surface area contributed by atoms with E-state index >= 15 is 0 Å². The Kier molecular flexibility index (Phi) is 15.4. The van der Waals surface area contributed by atoms with Crippen molar-refractivity contribution in [1.82, 2.24) is 16.0 Å². The molecule has 4 atom stereocenters. The van der Waals surface area contributed by atoms with Gasteiger partial charge in [0, 0.05) is 5.75 Å². The highest BCUT2D eigenvalue weighted by molar-refractivity contribution is 7.98. The van der Waals surface area contributed by atoms with Crippen LogP contribution in [-0.4, -0.2) is 77.3 Å². The van der Waals surface area contributed by atoms with Crippen molar-refractivity contribution in [3.8, 4) is 0 Å². The predicted octanol–water partition coefficient (Wildman–Crippen LogP) is -0.679. The number of carbonyl (C=O) groups excluding carboxylic acids is 3. The van der Waals surface area contributed by atoms with Crippen molar-refractivity contribution in [1.29, 1.82) is 0 Å². The summed E-state index contributed by atoms with van der Waals surface area (Å²) in [5.74, 6) is -2.57. The number of nitrogens with two attached hydrogens (primary N) is 2. The molecule has 0 fully saturated rings. The van der Waals surface area contributed by atoms with Gasteiger partial charge >= 0.3 is 5.97 Å². The molecule has 0 aliphatic heterocycles. The molecule has 0 aromatic carbocycles. The molecule has 12 heteroatoms. The molecule has 0 aromatic heterocycles. The maximum absolute atomic E-state index is 12.7. The van der Waals surface area contributed by atoms with Crippen LogP contribution in [0.5, 0.6) is 0 Å². The Morgan fingerprint density at radius 3 is 2.03 bits per heavy atom. The van der Waals surface area contributed by atoms with E-state index in [0.29, 0.717) is 31.6 Å². The van der Waals surface area contributed by atoms with Crippen LogP contribution in [0.2, 0.25) is 0 Å². The summed E-state index contributed by atoms with van der Waals surface area (Å²) in [4.78, 5) is 49.0. The Morgan fingerprint density at radius 1 is 0.968 bits per heavy atom. The van der Waals surface area contributed by atoms with Crippen LogP contribution in [0.3, 0.4) is 0 Å². The van der Waals surface area contributed by atoms with E-state index in [1.807, 2.05) is 6.26 Å². The molecule has 0 radical (unpaired) electrons. The first-order valence-corrected chi connectivity index (χ1v) is 12.3. The molecule has 0 heterocycles. The summed E-state index contributed by atoms with van der Waals surface area (Å²) < 4.78 is 0. The molecule has 10 nitrogen and oxygen atoms in total. The van der Waals surface area contributed by atoms with Gasteiger partial charge in [-0.2, -0.15) is 24.4 Å². The molecule has 0 aromatic rings. The molecule has 31 heavy (non-hydrogen) atoms. The summed E-state index contributed by atoms with van der Waals surface area (Å²) in [7, 11) is 0. The van der Waals surface area contributed by atoms with E-state index in [1.54, 1.807) is 13.8 Å². The van der Waals surface area contributed by atoms with Crippen molar-refractivity contribution in [2.24, 2.45) is 17.4 Å². The summed E-state index contributed by atoms with van der Waals surface area (Å²) in [6.07, 6.45) is 4.04. The number of rotatable bonds is 16. The minimum Gasteiger partial charge on any atom is -0.480 e. The highest BCUT2D eigenvalue weighted by Gasteiger charge is 2.30. The summed E-state index contributed by atoms with van der Waals surface area (Å²) in [5, 5.41) is 16.9. The standard InChI is InChI=1S/C19H37N5O5S2/c1-11(2)15(19(28)29)24-17(26)13(7-9-31-3)22-18(27)14(10-30)23-16(25)12(21)6-4-5-8-20/h11-15,30H,4-10,20-21H2,1-3H3,(H,22,27)(H,23,25)(H,24,26)(H,28,29). The highest BCUT2D eigenvalue weighted by atomic mass is 32.2. The summed E-state index contributed by atoms with van der Waals surface area (Å²) in [6, 6.07) is -3.79. The summed E-state index contributed by atoms with van der Waals surface area (Å²) in [6.45, 7) is 3.87. The van der Waals surface area contributed by atoms with Gasteiger partial charge < -0.3 is 32.5 Å². The van der Waals surface area contributed by atoms with Crippen molar-refractivity contribution >= 4 is 48.1 Å². The van der Waals surface area contributed by atoms with Crippen molar-refractivity contribution in [2.45, 2.75) is 63.7 Å². The quantitative estimate of drug-likeness (QED) is 0.112. The van der Waals surface area contributed by atoms with Gasteiger partial charge in [-0.1, -0.05) is 20.3 Å². The lowest BCUT2D eigenvalue weighted by molar-refractivity contribution is -0.143. The SMILES string of the molecule is CSCCC(NC(=O)C(CS)NC(=O)C(N)CCCCN)C(=O)NC(C(=O)O)C(C)C. The second-order valence-corrected chi connectivity index (χ2v) is 8.90. The van der Waals surface area contributed by atoms with Crippen LogP contribution in [0.15, 0.2) is 0 Å². The molecule has 0 aliphatic carbocycles. The van der Waals surface area contributed by atoms with E-state index in [4.69, 9.17) is 11.5 Å². The van der Waals surface area contributed by atoms with Crippen molar-refractivity contribution in [2.75, 3.05) is 24.3 Å². The van der Waals surface area contributed by atoms with Gasteiger partial charge in [0.1, 0.15) is 18.1 Å². The van der Waals surface area contributed by atoms with Gasteiger partial charge in [0.05, 0.1) is 6.04 Å². The van der Waals surface area contributed by atoms with Crippen molar-refractivity contribution in [3.05, 3.63) is 0 Å². The van der Waals surface area contributed by atoms with Gasteiger partial charge in [-0.05, 0) is 43.7 Å². The summed E-state index contributed by atoms with van der Waals surface area (Å²) in [5.41, 5.74) is 11.3. The van der Waals surface area contributed by atoms with Crippen molar-refractivity contribution in [3.63, 3.8) is 0 Å². The fraction of sp³-hybridized carbons (Fsp3) is 0.789. The van der Waals surface area contributed by atoms with E-state index in [1.165, 1.54) is 11.8 Å². The fourth-order valence-electron chi connectivity index (χ4n) is 2.66. The number of hydrogen-bond donors (Lipinski definition) is 7. The third-order valence-electron chi connectivity index (χ3n) is 4.60. The molecular weight excluding hydrogens is 442 g/mol. The zero-order chi connectivity index (χ0) is 24.0. The Balaban J connectivity index is 5.10. The number of nitrogens with one attached hydrogen (secondary N) is 3. The number of carbonyl (C=O) groups is 4. The Hall–Kier alpha value is -1.50. The molecule has 0 bridgehead atoms. The first-order chi connectivity index (χ1) is 14.6. The zero-order valence-electron chi connectivity index (χ0n) is 18.4. The van der Waals surface area contributed by atoms with Gasteiger partial charge in [-0.25, -0.2) is 4.79 Å². The van der Waals surface area contributed by atoms with Gasteiger partial charge in [-0.15, -0.1) is 0 Å². The maximum Gasteiger partial charge on any atom is 0.326 e. The molecule has 4 unspecified atom stereocenters. The monoisotopic (exact) mass is 479 g/mol. The fourth-order valence-corrected chi connectivity index (χ4v) is 3.39.